The van der Waals surface area contributed by atoms with E-state index in [2.05, 4.69) is 21.6 Å². The number of rotatable bonds is 5. The van der Waals surface area contributed by atoms with Crippen molar-refractivity contribution in [2.24, 2.45) is 0 Å². The summed E-state index contributed by atoms with van der Waals surface area (Å²) >= 11 is 0. The molecule has 5 heteroatoms. The first kappa shape index (κ1) is 18.3. The molecule has 2 heterocycles. The summed E-state index contributed by atoms with van der Waals surface area (Å²) in [5.74, 6) is 0.175. The van der Waals surface area contributed by atoms with Crippen molar-refractivity contribution in [2.75, 3.05) is 45.8 Å². The van der Waals surface area contributed by atoms with Gasteiger partial charge in [0.2, 0.25) is 5.91 Å². The Hall–Kier alpha value is -1.46. The Balaban J connectivity index is 1.40. The fourth-order valence-corrected chi connectivity index (χ4v) is 3.90. The van der Waals surface area contributed by atoms with Crippen molar-refractivity contribution in [3.63, 3.8) is 0 Å². The van der Waals surface area contributed by atoms with Crippen LogP contribution < -0.4 is 0 Å². The monoisotopic (exact) mass is 347 g/mol. The molecule has 0 saturated carbocycles. The zero-order valence-corrected chi connectivity index (χ0v) is 15.3. The van der Waals surface area contributed by atoms with Gasteiger partial charge in [0.25, 0.3) is 0 Å². The molecule has 0 spiro atoms. The molecule has 25 heavy (non-hydrogen) atoms. The van der Waals surface area contributed by atoms with Crippen molar-refractivity contribution in [3.05, 3.63) is 35.6 Å². The van der Waals surface area contributed by atoms with Gasteiger partial charge in [-0.25, -0.2) is 4.39 Å². The fourth-order valence-electron chi connectivity index (χ4n) is 3.90. The molecule has 2 aliphatic heterocycles. The lowest BCUT2D eigenvalue weighted by molar-refractivity contribution is -0.136. The highest BCUT2D eigenvalue weighted by Gasteiger charge is 2.26. The largest absolute Gasteiger partial charge is 0.339 e. The van der Waals surface area contributed by atoms with Gasteiger partial charge in [-0.15, -0.1) is 0 Å². The number of benzene rings is 1. The third-order valence-corrected chi connectivity index (χ3v) is 5.60. The maximum absolute atomic E-state index is 13.7. The maximum Gasteiger partial charge on any atom is 0.236 e. The molecule has 0 aromatic heterocycles. The van der Waals surface area contributed by atoms with Crippen LogP contribution in [0.1, 0.15) is 31.7 Å². The van der Waals surface area contributed by atoms with E-state index in [1.165, 1.54) is 12.5 Å². The van der Waals surface area contributed by atoms with E-state index in [0.29, 0.717) is 12.6 Å². The van der Waals surface area contributed by atoms with Gasteiger partial charge in [0.15, 0.2) is 0 Å². The molecular weight excluding hydrogens is 317 g/mol. The summed E-state index contributed by atoms with van der Waals surface area (Å²) in [4.78, 5) is 19.2. The van der Waals surface area contributed by atoms with Crippen LogP contribution in [0.3, 0.4) is 0 Å². The zero-order valence-electron chi connectivity index (χ0n) is 15.3. The molecule has 3 rings (SSSR count). The van der Waals surface area contributed by atoms with E-state index in [0.717, 1.165) is 64.1 Å². The smallest absolute Gasteiger partial charge is 0.236 e. The standard InChI is InChI=1S/C20H30FN3O/c1-17-6-4-5-10-24(17)20(25)16-23-14-12-22(13-15-23)11-9-18-7-2-3-8-19(18)21/h2-3,7-8,17H,4-6,9-16H2,1H3. The Morgan fingerprint density at radius 2 is 1.80 bits per heavy atom. The molecule has 1 aromatic rings. The van der Waals surface area contributed by atoms with Gasteiger partial charge in [-0.2, -0.15) is 0 Å². The Morgan fingerprint density at radius 1 is 1.08 bits per heavy atom. The van der Waals surface area contributed by atoms with Crippen LogP contribution >= 0.6 is 0 Å². The van der Waals surface area contributed by atoms with E-state index in [9.17, 15) is 9.18 Å². The molecule has 0 radical (unpaired) electrons. The number of hydrogen-bond acceptors (Lipinski definition) is 3. The molecule has 4 nitrogen and oxygen atoms in total. The lowest BCUT2D eigenvalue weighted by atomic mass is 10.0. The topological polar surface area (TPSA) is 26.8 Å². The highest BCUT2D eigenvalue weighted by molar-refractivity contribution is 5.78. The minimum Gasteiger partial charge on any atom is -0.339 e. The average Bonchev–Trinajstić information content (AvgIpc) is 2.62. The first-order valence-electron chi connectivity index (χ1n) is 9.61. The van der Waals surface area contributed by atoms with E-state index in [-0.39, 0.29) is 11.7 Å². The molecule has 1 aromatic carbocycles. The van der Waals surface area contributed by atoms with Crippen LogP contribution in [-0.2, 0) is 11.2 Å². The van der Waals surface area contributed by atoms with Gasteiger partial charge in [0.1, 0.15) is 5.82 Å². The number of hydrogen-bond donors (Lipinski definition) is 0. The van der Waals surface area contributed by atoms with E-state index in [1.807, 2.05) is 12.1 Å². The molecule has 2 fully saturated rings. The van der Waals surface area contributed by atoms with Crippen molar-refractivity contribution in [2.45, 2.75) is 38.6 Å². The molecule has 1 unspecified atom stereocenters. The van der Waals surface area contributed by atoms with Gasteiger partial charge >= 0.3 is 0 Å². The number of piperazine rings is 1. The Kier molecular flexibility index (Phi) is 6.43. The Bertz CT molecular complexity index is 572. The average molecular weight is 347 g/mol. The van der Waals surface area contributed by atoms with Crippen LogP contribution in [0.25, 0.3) is 0 Å². The van der Waals surface area contributed by atoms with E-state index in [4.69, 9.17) is 0 Å². The predicted octanol–water partition coefficient (Wildman–Crippen LogP) is 2.39. The zero-order chi connectivity index (χ0) is 17.6. The molecule has 138 valence electrons. The van der Waals surface area contributed by atoms with Crippen molar-refractivity contribution in [1.82, 2.24) is 14.7 Å². The molecule has 2 saturated heterocycles. The van der Waals surface area contributed by atoms with Crippen molar-refractivity contribution in [1.29, 1.82) is 0 Å². The van der Waals surface area contributed by atoms with Crippen LogP contribution in [0.2, 0.25) is 0 Å². The molecular formula is C20H30FN3O. The van der Waals surface area contributed by atoms with Gasteiger partial charge in [-0.3, -0.25) is 9.69 Å². The van der Waals surface area contributed by atoms with E-state index in [1.54, 1.807) is 6.07 Å². The minimum atomic E-state index is -0.109. The summed E-state index contributed by atoms with van der Waals surface area (Å²) in [6, 6.07) is 7.41. The van der Waals surface area contributed by atoms with Crippen LogP contribution in [0, 0.1) is 5.82 Å². The second-order valence-corrected chi connectivity index (χ2v) is 7.39. The second kappa shape index (κ2) is 8.77. The molecule has 1 amide bonds. The Morgan fingerprint density at radius 3 is 2.52 bits per heavy atom. The number of amides is 1. The lowest BCUT2D eigenvalue weighted by Gasteiger charge is -2.38. The van der Waals surface area contributed by atoms with Crippen molar-refractivity contribution < 1.29 is 9.18 Å². The molecule has 0 N–H and O–H groups in total. The van der Waals surface area contributed by atoms with E-state index >= 15 is 0 Å². The highest BCUT2D eigenvalue weighted by Crippen LogP contribution is 2.17. The van der Waals surface area contributed by atoms with Gasteiger partial charge in [0, 0.05) is 45.3 Å². The third kappa shape index (κ3) is 5.02. The fraction of sp³-hybridized carbons (Fsp3) is 0.650. The molecule has 0 aliphatic carbocycles. The summed E-state index contributed by atoms with van der Waals surface area (Å²) in [7, 11) is 0. The minimum absolute atomic E-state index is 0.109. The number of carbonyl (C=O) groups is 1. The van der Waals surface area contributed by atoms with Crippen LogP contribution in [0.15, 0.2) is 24.3 Å². The summed E-state index contributed by atoms with van der Waals surface area (Å²) in [6.07, 6.45) is 4.26. The predicted molar refractivity (Wildman–Crippen MR) is 98.0 cm³/mol. The number of likely N-dealkylation sites (tertiary alicyclic amines) is 1. The lowest BCUT2D eigenvalue weighted by Crippen LogP contribution is -2.52. The van der Waals surface area contributed by atoms with E-state index < -0.39 is 0 Å². The number of piperidine rings is 1. The maximum atomic E-state index is 13.7. The highest BCUT2D eigenvalue weighted by atomic mass is 19.1. The molecule has 0 bridgehead atoms. The van der Waals surface area contributed by atoms with Gasteiger partial charge in [0.05, 0.1) is 6.54 Å². The first-order chi connectivity index (χ1) is 12.1. The quantitative estimate of drug-likeness (QED) is 0.818. The van der Waals surface area contributed by atoms with Crippen molar-refractivity contribution in [3.8, 4) is 0 Å². The third-order valence-electron chi connectivity index (χ3n) is 5.60. The number of halogens is 1. The SMILES string of the molecule is CC1CCCCN1C(=O)CN1CCN(CCc2ccccc2F)CC1. The summed E-state index contributed by atoms with van der Waals surface area (Å²) in [5, 5.41) is 0. The van der Waals surface area contributed by atoms with Crippen LogP contribution in [-0.4, -0.2) is 72.5 Å². The van der Waals surface area contributed by atoms with Crippen LogP contribution in [0.4, 0.5) is 4.39 Å². The second-order valence-electron chi connectivity index (χ2n) is 7.39. The first-order valence-corrected chi connectivity index (χ1v) is 9.61. The molecule has 2 aliphatic rings. The van der Waals surface area contributed by atoms with Gasteiger partial charge in [-0.05, 0) is 44.2 Å². The summed E-state index contributed by atoms with van der Waals surface area (Å²) < 4.78 is 13.7. The van der Waals surface area contributed by atoms with Gasteiger partial charge < -0.3 is 9.80 Å². The van der Waals surface area contributed by atoms with Crippen molar-refractivity contribution >= 4 is 5.91 Å². The van der Waals surface area contributed by atoms with Crippen LogP contribution in [0.5, 0.6) is 0 Å². The molecule has 1 atom stereocenters. The summed E-state index contributed by atoms with van der Waals surface area (Å²) in [6.45, 7) is 8.27. The number of carbonyl (C=O) groups excluding carboxylic acids is 1. The normalized spacial score (nSPS) is 23.0. The Labute approximate surface area is 150 Å². The number of nitrogens with zero attached hydrogens (tertiary/aromatic N) is 3. The van der Waals surface area contributed by atoms with Gasteiger partial charge in [-0.1, -0.05) is 18.2 Å². The summed E-state index contributed by atoms with van der Waals surface area (Å²) in [5.41, 5.74) is 0.791.